The van der Waals surface area contributed by atoms with Gasteiger partial charge >= 0.3 is 0 Å². The van der Waals surface area contributed by atoms with E-state index in [1.165, 1.54) is 36.0 Å². The lowest BCUT2D eigenvalue weighted by atomic mass is 10.1. The van der Waals surface area contributed by atoms with Crippen molar-refractivity contribution in [1.29, 1.82) is 0 Å². The Morgan fingerprint density at radius 1 is 1.00 bits per heavy atom. The van der Waals surface area contributed by atoms with Crippen molar-refractivity contribution in [3.8, 4) is 11.4 Å². The standard InChI is InChI=1S/C16H14N2/c1-2-9-18-15(6-1)11-17-16(18)14-8-7-12-4-3-5-13(12)10-14/h1-2,6-11H,3-5H2. The molecule has 4 rings (SSSR count). The summed E-state index contributed by atoms with van der Waals surface area (Å²) in [4.78, 5) is 4.55. The Labute approximate surface area is 106 Å². The molecule has 18 heavy (non-hydrogen) atoms. The monoisotopic (exact) mass is 234 g/mol. The molecule has 0 saturated carbocycles. The number of fused-ring (bicyclic) bond motifs is 2. The molecule has 0 spiro atoms. The molecule has 88 valence electrons. The lowest BCUT2D eigenvalue weighted by molar-refractivity contribution is 0.912. The minimum Gasteiger partial charge on any atom is -0.300 e. The van der Waals surface area contributed by atoms with Crippen LogP contribution >= 0.6 is 0 Å². The third kappa shape index (κ3) is 1.39. The average molecular weight is 234 g/mol. The van der Waals surface area contributed by atoms with Gasteiger partial charge in [0.25, 0.3) is 0 Å². The predicted molar refractivity (Wildman–Crippen MR) is 72.7 cm³/mol. The Hall–Kier alpha value is -2.09. The second kappa shape index (κ2) is 3.70. The van der Waals surface area contributed by atoms with Gasteiger partial charge < -0.3 is 0 Å². The van der Waals surface area contributed by atoms with Gasteiger partial charge in [0.2, 0.25) is 0 Å². The number of hydrogen-bond acceptors (Lipinski definition) is 1. The van der Waals surface area contributed by atoms with E-state index in [9.17, 15) is 0 Å². The van der Waals surface area contributed by atoms with Crippen LogP contribution in [0, 0.1) is 0 Å². The fraction of sp³-hybridized carbons (Fsp3) is 0.188. The number of aromatic nitrogens is 2. The highest BCUT2D eigenvalue weighted by molar-refractivity contribution is 5.64. The smallest absolute Gasteiger partial charge is 0.144 e. The van der Waals surface area contributed by atoms with Crippen LogP contribution in [-0.2, 0) is 12.8 Å². The van der Waals surface area contributed by atoms with Crippen LogP contribution in [0.15, 0.2) is 48.8 Å². The van der Waals surface area contributed by atoms with Crippen molar-refractivity contribution in [2.45, 2.75) is 19.3 Å². The fourth-order valence-corrected chi connectivity index (χ4v) is 2.87. The van der Waals surface area contributed by atoms with E-state index < -0.39 is 0 Å². The van der Waals surface area contributed by atoms with Crippen LogP contribution in [-0.4, -0.2) is 9.38 Å². The first-order valence-electron chi connectivity index (χ1n) is 6.46. The molecule has 1 aliphatic carbocycles. The number of benzene rings is 1. The second-order valence-corrected chi connectivity index (χ2v) is 4.91. The molecule has 0 N–H and O–H groups in total. The highest BCUT2D eigenvalue weighted by Crippen LogP contribution is 2.27. The largest absolute Gasteiger partial charge is 0.300 e. The summed E-state index contributed by atoms with van der Waals surface area (Å²) in [5, 5.41) is 0. The van der Waals surface area contributed by atoms with E-state index in [0.717, 1.165) is 11.3 Å². The summed E-state index contributed by atoms with van der Waals surface area (Å²) in [6, 6.07) is 13.0. The molecule has 0 bridgehead atoms. The van der Waals surface area contributed by atoms with E-state index in [1.54, 1.807) is 0 Å². The lowest BCUT2D eigenvalue weighted by Crippen LogP contribution is -1.90. The topological polar surface area (TPSA) is 17.3 Å². The summed E-state index contributed by atoms with van der Waals surface area (Å²) in [5.41, 5.74) is 5.38. The Kier molecular flexibility index (Phi) is 2.04. The molecule has 2 heterocycles. The lowest BCUT2D eigenvalue weighted by Gasteiger charge is -2.04. The highest BCUT2D eigenvalue weighted by Gasteiger charge is 2.13. The maximum atomic E-state index is 4.55. The number of aryl methyl sites for hydroxylation is 2. The van der Waals surface area contributed by atoms with Crippen LogP contribution in [0.25, 0.3) is 16.9 Å². The highest BCUT2D eigenvalue weighted by atomic mass is 15.0. The molecule has 0 radical (unpaired) electrons. The van der Waals surface area contributed by atoms with E-state index in [4.69, 9.17) is 0 Å². The Bertz CT molecular complexity index is 725. The van der Waals surface area contributed by atoms with Crippen LogP contribution < -0.4 is 0 Å². The van der Waals surface area contributed by atoms with E-state index in [0.29, 0.717) is 0 Å². The zero-order valence-corrected chi connectivity index (χ0v) is 10.1. The number of rotatable bonds is 1. The maximum Gasteiger partial charge on any atom is 0.144 e. The summed E-state index contributed by atoms with van der Waals surface area (Å²) in [7, 11) is 0. The van der Waals surface area contributed by atoms with E-state index in [1.807, 2.05) is 18.3 Å². The van der Waals surface area contributed by atoms with Gasteiger partial charge in [-0.15, -0.1) is 0 Å². The summed E-state index contributed by atoms with van der Waals surface area (Å²) in [6.07, 6.45) is 7.75. The zero-order chi connectivity index (χ0) is 11.9. The minimum absolute atomic E-state index is 1.04. The number of hydrogen-bond donors (Lipinski definition) is 0. The number of nitrogens with zero attached hydrogens (tertiary/aromatic N) is 2. The van der Waals surface area contributed by atoms with Crippen molar-refractivity contribution < 1.29 is 0 Å². The minimum atomic E-state index is 1.04. The normalized spacial score (nSPS) is 14.0. The van der Waals surface area contributed by atoms with E-state index in [-0.39, 0.29) is 0 Å². The Balaban J connectivity index is 1.92. The van der Waals surface area contributed by atoms with Gasteiger partial charge in [-0.05, 0) is 48.6 Å². The Morgan fingerprint density at radius 3 is 2.94 bits per heavy atom. The van der Waals surface area contributed by atoms with E-state index >= 15 is 0 Å². The first-order chi connectivity index (χ1) is 8.92. The molecule has 0 unspecified atom stereocenters. The second-order valence-electron chi connectivity index (χ2n) is 4.91. The number of imidazole rings is 1. The van der Waals surface area contributed by atoms with Gasteiger partial charge in [-0.1, -0.05) is 18.2 Å². The quantitative estimate of drug-likeness (QED) is 0.630. The molecular weight excluding hydrogens is 220 g/mol. The van der Waals surface area contributed by atoms with Gasteiger partial charge in [0.05, 0.1) is 11.7 Å². The molecule has 0 aliphatic heterocycles. The van der Waals surface area contributed by atoms with Gasteiger partial charge in [0, 0.05) is 11.8 Å². The van der Waals surface area contributed by atoms with Crippen LogP contribution in [0.3, 0.4) is 0 Å². The molecule has 3 aromatic rings. The van der Waals surface area contributed by atoms with Crippen molar-refractivity contribution in [3.63, 3.8) is 0 Å². The van der Waals surface area contributed by atoms with Crippen LogP contribution in [0.2, 0.25) is 0 Å². The van der Waals surface area contributed by atoms with Gasteiger partial charge in [-0.2, -0.15) is 0 Å². The predicted octanol–water partition coefficient (Wildman–Crippen LogP) is 3.49. The summed E-state index contributed by atoms with van der Waals surface area (Å²) >= 11 is 0. The molecule has 0 fully saturated rings. The van der Waals surface area contributed by atoms with Crippen LogP contribution in [0.4, 0.5) is 0 Å². The maximum absolute atomic E-state index is 4.55. The average Bonchev–Trinajstić information content (AvgIpc) is 3.04. The molecule has 0 amide bonds. The fourth-order valence-electron chi connectivity index (χ4n) is 2.87. The molecule has 1 aromatic carbocycles. The molecular formula is C16H14N2. The number of pyridine rings is 1. The molecule has 0 atom stereocenters. The van der Waals surface area contributed by atoms with Gasteiger partial charge in [-0.25, -0.2) is 4.98 Å². The van der Waals surface area contributed by atoms with Crippen LogP contribution in [0.5, 0.6) is 0 Å². The van der Waals surface area contributed by atoms with Crippen molar-refractivity contribution in [2.24, 2.45) is 0 Å². The van der Waals surface area contributed by atoms with Gasteiger partial charge in [-0.3, -0.25) is 4.40 Å². The van der Waals surface area contributed by atoms with Crippen molar-refractivity contribution >= 4 is 5.52 Å². The summed E-state index contributed by atoms with van der Waals surface area (Å²) in [6.45, 7) is 0. The molecule has 0 saturated heterocycles. The van der Waals surface area contributed by atoms with E-state index in [2.05, 4.69) is 39.8 Å². The van der Waals surface area contributed by atoms with Crippen molar-refractivity contribution in [3.05, 3.63) is 59.9 Å². The first kappa shape index (κ1) is 9.89. The van der Waals surface area contributed by atoms with Crippen molar-refractivity contribution in [1.82, 2.24) is 9.38 Å². The summed E-state index contributed by atoms with van der Waals surface area (Å²) in [5.74, 6) is 1.04. The molecule has 2 heteroatoms. The third-order valence-electron chi connectivity index (χ3n) is 3.80. The first-order valence-corrected chi connectivity index (χ1v) is 6.46. The molecule has 2 nitrogen and oxygen atoms in total. The Morgan fingerprint density at radius 2 is 1.94 bits per heavy atom. The van der Waals surface area contributed by atoms with Crippen molar-refractivity contribution in [2.75, 3.05) is 0 Å². The van der Waals surface area contributed by atoms with Gasteiger partial charge in [0.15, 0.2) is 0 Å². The SMILES string of the molecule is c1ccn2c(-c3ccc4c(c3)CCC4)ncc2c1. The third-order valence-corrected chi connectivity index (χ3v) is 3.80. The summed E-state index contributed by atoms with van der Waals surface area (Å²) < 4.78 is 2.15. The molecule has 1 aliphatic rings. The molecule has 2 aromatic heterocycles. The zero-order valence-electron chi connectivity index (χ0n) is 10.1. The van der Waals surface area contributed by atoms with Gasteiger partial charge in [0.1, 0.15) is 5.82 Å². The van der Waals surface area contributed by atoms with Crippen LogP contribution in [0.1, 0.15) is 17.5 Å².